The molecule has 1 aromatic carbocycles. The molecule has 0 aliphatic rings. The number of nitrogens with one attached hydrogen (secondary N) is 1. The van der Waals surface area contributed by atoms with Crippen molar-refractivity contribution in [3.63, 3.8) is 0 Å². The zero-order valence-corrected chi connectivity index (χ0v) is 12.8. The Morgan fingerprint density at radius 2 is 1.90 bits per heavy atom. The molecule has 1 aromatic heterocycles. The summed E-state index contributed by atoms with van der Waals surface area (Å²) >= 11 is 1.48. The number of methoxy groups -OCH3 is 2. The molecular weight excluding hydrogens is 274 g/mol. The highest BCUT2D eigenvalue weighted by molar-refractivity contribution is 7.14. The lowest BCUT2D eigenvalue weighted by atomic mass is 10.2. The number of hydrogen-bond acceptors (Lipinski definition) is 4. The van der Waals surface area contributed by atoms with E-state index in [4.69, 9.17) is 9.47 Å². The van der Waals surface area contributed by atoms with E-state index >= 15 is 0 Å². The molecule has 0 spiro atoms. The lowest BCUT2D eigenvalue weighted by molar-refractivity contribution is 0.103. The highest BCUT2D eigenvalue weighted by Gasteiger charge is 2.13. The van der Waals surface area contributed by atoms with Crippen LogP contribution in [0.15, 0.2) is 24.3 Å². The van der Waals surface area contributed by atoms with E-state index in [2.05, 4.69) is 5.32 Å². The third-order valence-electron chi connectivity index (χ3n) is 3.04. The highest BCUT2D eigenvalue weighted by atomic mass is 32.1. The minimum Gasteiger partial charge on any atom is -0.497 e. The van der Waals surface area contributed by atoms with Gasteiger partial charge in [0, 0.05) is 10.9 Å². The molecule has 2 rings (SSSR count). The van der Waals surface area contributed by atoms with Crippen molar-refractivity contribution >= 4 is 22.9 Å². The van der Waals surface area contributed by atoms with E-state index in [0.717, 1.165) is 10.4 Å². The van der Waals surface area contributed by atoms with Gasteiger partial charge in [-0.2, -0.15) is 0 Å². The number of hydrogen-bond donors (Lipinski definition) is 1. The van der Waals surface area contributed by atoms with Crippen LogP contribution in [0.25, 0.3) is 0 Å². The number of carbonyl (C=O) groups excluding carboxylic acids is 1. The van der Waals surface area contributed by atoms with Crippen molar-refractivity contribution in [2.75, 3.05) is 19.5 Å². The fourth-order valence-electron chi connectivity index (χ4n) is 1.78. The van der Waals surface area contributed by atoms with Crippen molar-refractivity contribution in [3.05, 3.63) is 39.6 Å². The van der Waals surface area contributed by atoms with Crippen LogP contribution < -0.4 is 14.8 Å². The second-order valence-electron chi connectivity index (χ2n) is 4.37. The Hall–Kier alpha value is -2.01. The van der Waals surface area contributed by atoms with Gasteiger partial charge in [-0.15, -0.1) is 11.3 Å². The van der Waals surface area contributed by atoms with Crippen LogP contribution in [0.5, 0.6) is 11.5 Å². The average molecular weight is 291 g/mol. The Bertz CT molecular complexity index is 615. The SMILES string of the molecule is COc1ccc(OC)c(NC(=O)c2cc(C)c(C)s2)c1. The van der Waals surface area contributed by atoms with E-state index in [0.29, 0.717) is 22.1 Å². The van der Waals surface area contributed by atoms with Gasteiger partial charge < -0.3 is 14.8 Å². The van der Waals surface area contributed by atoms with Crippen molar-refractivity contribution in [3.8, 4) is 11.5 Å². The van der Waals surface area contributed by atoms with Crippen LogP contribution in [-0.4, -0.2) is 20.1 Å². The molecular formula is C15H17NO3S. The zero-order valence-electron chi connectivity index (χ0n) is 11.9. The minimum atomic E-state index is -0.141. The maximum atomic E-state index is 12.3. The van der Waals surface area contributed by atoms with Crippen LogP contribution in [0, 0.1) is 13.8 Å². The number of aryl methyl sites for hydroxylation is 2. The number of carbonyl (C=O) groups is 1. The fourth-order valence-corrected chi connectivity index (χ4v) is 2.71. The lowest BCUT2D eigenvalue weighted by Crippen LogP contribution is -2.11. The molecule has 0 saturated carbocycles. The summed E-state index contributed by atoms with van der Waals surface area (Å²) in [7, 11) is 3.15. The normalized spacial score (nSPS) is 10.2. The third-order valence-corrected chi connectivity index (χ3v) is 4.20. The van der Waals surface area contributed by atoms with Crippen molar-refractivity contribution in [1.82, 2.24) is 0 Å². The molecule has 0 radical (unpaired) electrons. The monoisotopic (exact) mass is 291 g/mol. The number of thiophene rings is 1. The number of benzene rings is 1. The van der Waals surface area contributed by atoms with Gasteiger partial charge in [0.25, 0.3) is 5.91 Å². The summed E-state index contributed by atoms with van der Waals surface area (Å²) in [6.45, 7) is 4.00. The number of rotatable bonds is 4. The first kappa shape index (κ1) is 14.4. The van der Waals surface area contributed by atoms with E-state index in [-0.39, 0.29) is 5.91 Å². The molecule has 0 aliphatic heterocycles. The summed E-state index contributed by atoms with van der Waals surface area (Å²) < 4.78 is 10.4. The van der Waals surface area contributed by atoms with E-state index in [9.17, 15) is 4.79 Å². The van der Waals surface area contributed by atoms with Crippen molar-refractivity contribution < 1.29 is 14.3 Å². The molecule has 1 heterocycles. The van der Waals surface area contributed by atoms with Gasteiger partial charge in [0.1, 0.15) is 11.5 Å². The Morgan fingerprint density at radius 3 is 2.45 bits per heavy atom. The van der Waals surface area contributed by atoms with Crippen molar-refractivity contribution in [2.24, 2.45) is 0 Å². The number of anilines is 1. The Balaban J connectivity index is 2.26. The van der Waals surface area contributed by atoms with E-state index in [1.54, 1.807) is 32.4 Å². The molecule has 0 bridgehead atoms. The maximum absolute atomic E-state index is 12.3. The number of amides is 1. The van der Waals surface area contributed by atoms with Crippen LogP contribution in [0.3, 0.4) is 0 Å². The average Bonchev–Trinajstić information content (AvgIpc) is 2.78. The maximum Gasteiger partial charge on any atom is 0.265 e. The molecule has 0 atom stereocenters. The summed E-state index contributed by atoms with van der Waals surface area (Å²) in [5.41, 5.74) is 1.72. The van der Waals surface area contributed by atoms with Gasteiger partial charge in [0.05, 0.1) is 24.8 Å². The van der Waals surface area contributed by atoms with E-state index in [1.165, 1.54) is 11.3 Å². The number of ether oxygens (including phenoxy) is 2. The molecule has 20 heavy (non-hydrogen) atoms. The van der Waals surface area contributed by atoms with Gasteiger partial charge in [-0.1, -0.05) is 0 Å². The van der Waals surface area contributed by atoms with E-state index < -0.39 is 0 Å². The first-order chi connectivity index (χ1) is 9.55. The lowest BCUT2D eigenvalue weighted by Gasteiger charge is -2.11. The quantitative estimate of drug-likeness (QED) is 0.935. The predicted octanol–water partition coefficient (Wildman–Crippen LogP) is 3.63. The van der Waals surface area contributed by atoms with Gasteiger partial charge in [-0.25, -0.2) is 0 Å². The summed E-state index contributed by atoms with van der Waals surface area (Å²) in [6, 6.07) is 7.18. The first-order valence-electron chi connectivity index (χ1n) is 6.15. The molecule has 5 heteroatoms. The molecule has 4 nitrogen and oxygen atoms in total. The van der Waals surface area contributed by atoms with Gasteiger partial charge in [-0.3, -0.25) is 4.79 Å². The first-order valence-corrected chi connectivity index (χ1v) is 6.97. The smallest absolute Gasteiger partial charge is 0.265 e. The van der Waals surface area contributed by atoms with Gasteiger partial charge in [0.2, 0.25) is 0 Å². The van der Waals surface area contributed by atoms with Crippen LogP contribution in [0.1, 0.15) is 20.1 Å². The predicted molar refractivity (Wildman–Crippen MR) is 81.3 cm³/mol. The Kier molecular flexibility index (Phi) is 4.29. The third kappa shape index (κ3) is 2.93. The molecule has 0 unspecified atom stereocenters. The molecule has 0 aliphatic carbocycles. The molecule has 0 fully saturated rings. The fraction of sp³-hybridized carbons (Fsp3) is 0.267. The molecule has 1 amide bonds. The zero-order chi connectivity index (χ0) is 14.7. The van der Waals surface area contributed by atoms with Crippen LogP contribution in [0.2, 0.25) is 0 Å². The topological polar surface area (TPSA) is 47.6 Å². The van der Waals surface area contributed by atoms with Crippen LogP contribution >= 0.6 is 11.3 Å². The van der Waals surface area contributed by atoms with Gasteiger partial charge in [-0.05, 0) is 37.6 Å². The van der Waals surface area contributed by atoms with Gasteiger partial charge >= 0.3 is 0 Å². The van der Waals surface area contributed by atoms with Crippen molar-refractivity contribution in [1.29, 1.82) is 0 Å². The Morgan fingerprint density at radius 1 is 1.15 bits per heavy atom. The summed E-state index contributed by atoms with van der Waals surface area (Å²) in [5.74, 6) is 1.13. The second-order valence-corrected chi connectivity index (χ2v) is 5.63. The molecule has 2 aromatic rings. The minimum absolute atomic E-state index is 0.141. The van der Waals surface area contributed by atoms with Crippen LogP contribution in [0.4, 0.5) is 5.69 Å². The second kappa shape index (κ2) is 5.96. The molecule has 106 valence electrons. The van der Waals surface area contributed by atoms with Crippen LogP contribution in [-0.2, 0) is 0 Å². The largest absolute Gasteiger partial charge is 0.497 e. The summed E-state index contributed by atoms with van der Waals surface area (Å²) in [6.07, 6.45) is 0. The standard InChI is InChI=1S/C15H17NO3S/c1-9-7-14(20-10(9)2)15(17)16-12-8-11(18-3)5-6-13(12)19-4/h5-8H,1-4H3,(H,16,17). The highest BCUT2D eigenvalue weighted by Crippen LogP contribution is 2.30. The molecule has 0 saturated heterocycles. The van der Waals surface area contributed by atoms with Gasteiger partial charge in [0.15, 0.2) is 0 Å². The Labute approximate surface area is 122 Å². The molecule has 1 N–H and O–H groups in total. The van der Waals surface area contributed by atoms with E-state index in [1.807, 2.05) is 19.9 Å². The summed E-state index contributed by atoms with van der Waals surface area (Å²) in [5, 5.41) is 2.86. The summed E-state index contributed by atoms with van der Waals surface area (Å²) in [4.78, 5) is 14.1. The van der Waals surface area contributed by atoms with Crippen molar-refractivity contribution in [2.45, 2.75) is 13.8 Å².